The lowest BCUT2D eigenvalue weighted by Crippen LogP contribution is -2.51. The summed E-state index contributed by atoms with van der Waals surface area (Å²) in [7, 11) is 0. The number of nitrogens with zero attached hydrogens (tertiary/aromatic N) is 1. The highest BCUT2D eigenvalue weighted by atomic mass is 79.9. The minimum atomic E-state index is -0.906. The Morgan fingerprint density at radius 3 is 2.74 bits per heavy atom. The number of amides is 1. The fraction of sp³-hybridized carbons (Fsp3) is 0.333. The van der Waals surface area contributed by atoms with Crippen molar-refractivity contribution >= 4 is 45.0 Å². The standard InChI is InChI=1S/C12H13BrClN3O2/c13-9-7(14)3-1-4-8(9)16-11(18)12(5-2-6-12)10(15)17-19/h1,3-4,19H,2,5-6H2,(H2,15,17)(H,16,18). The summed E-state index contributed by atoms with van der Waals surface area (Å²) in [5.41, 5.74) is 5.30. The van der Waals surface area contributed by atoms with E-state index < -0.39 is 5.41 Å². The van der Waals surface area contributed by atoms with Crippen LogP contribution < -0.4 is 11.1 Å². The highest BCUT2D eigenvalue weighted by molar-refractivity contribution is 9.10. The van der Waals surface area contributed by atoms with E-state index in [1.807, 2.05) is 0 Å². The van der Waals surface area contributed by atoms with Gasteiger partial charge < -0.3 is 16.3 Å². The van der Waals surface area contributed by atoms with Gasteiger partial charge in [0.05, 0.1) is 15.2 Å². The van der Waals surface area contributed by atoms with Gasteiger partial charge >= 0.3 is 0 Å². The number of benzene rings is 1. The maximum absolute atomic E-state index is 12.3. The molecule has 0 bridgehead atoms. The van der Waals surface area contributed by atoms with Crippen LogP contribution in [-0.4, -0.2) is 17.0 Å². The quantitative estimate of drug-likeness (QED) is 0.340. The Kier molecular flexibility index (Phi) is 4.01. The summed E-state index contributed by atoms with van der Waals surface area (Å²) >= 11 is 9.27. The third-order valence-electron chi connectivity index (χ3n) is 3.44. The summed E-state index contributed by atoms with van der Waals surface area (Å²) < 4.78 is 0.610. The first-order chi connectivity index (χ1) is 9.01. The van der Waals surface area contributed by atoms with Crippen molar-refractivity contribution in [3.8, 4) is 0 Å². The number of hydrogen-bond donors (Lipinski definition) is 3. The molecule has 5 nitrogen and oxygen atoms in total. The van der Waals surface area contributed by atoms with Crippen LogP contribution in [0, 0.1) is 5.41 Å². The number of halogens is 2. The number of carbonyl (C=O) groups excluding carboxylic acids is 1. The first-order valence-corrected chi connectivity index (χ1v) is 6.92. The van der Waals surface area contributed by atoms with Crippen molar-refractivity contribution in [2.45, 2.75) is 19.3 Å². The summed E-state index contributed by atoms with van der Waals surface area (Å²) in [6.07, 6.45) is 2.03. The van der Waals surface area contributed by atoms with E-state index in [9.17, 15) is 4.79 Å². The molecule has 1 saturated carbocycles. The van der Waals surface area contributed by atoms with Crippen molar-refractivity contribution in [3.63, 3.8) is 0 Å². The molecule has 0 unspecified atom stereocenters. The monoisotopic (exact) mass is 345 g/mol. The largest absolute Gasteiger partial charge is 0.409 e. The summed E-state index contributed by atoms with van der Waals surface area (Å²) in [6.45, 7) is 0. The lowest BCUT2D eigenvalue weighted by atomic mass is 9.67. The molecule has 19 heavy (non-hydrogen) atoms. The van der Waals surface area contributed by atoms with Gasteiger partial charge in [-0.2, -0.15) is 0 Å². The van der Waals surface area contributed by atoms with Crippen LogP contribution in [-0.2, 0) is 4.79 Å². The smallest absolute Gasteiger partial charge is 0.238 e. The Morgan fingerprint density at radius 1 is 1.53 bits per heavy atom. The SMILES string of the molecule is N/C(=N/O)C1(C(=O)Nc2cccc(Cl)c2Br)CCC1. The van der Waals surface area contributed by atoms with Crippen molar-refractivity contribution < 1.29 is 10.0 Å². The number of nitrogens with two attached hydrogens (primary N) is 1. The second-order valence-corrected chi connectivity index (χ2v) is 5.68. The number of nitrogens with one attached hydrogen (secondary N) is 1. The van der Waals surface area contributed by atoms with Gasteiger partial charge in [-0.1, -0.05) is 29.2 Å². The third-order valence-corrected chi connectivity index (χ3v) is 4.84. The van der Waals surface area contributed by atoms with Crippen LogP contribution in [0.25, 0.3) is 0 Å². The Morgan fingerprint density at radius 2 is 2.21 bits per heavy atom. The second kappa shape index (κ2) is 5.38. The average molecular weight is 347 g/mol. The third kappa shape index (κ3) is 2.42. The molecular formula is C12H13BrClN3O2. The summed E-state index contributed by atoms with van der Waals surface area (Å²) in [5, 5.41) is 15.1. The van der Waals surface area contributed by atoms with Gasteiger partial charge in [0.1, 0.15) is 5.41 Å². The fourth-order valence-electron chi connectivity index (χ4n) is 2.07. The molecule has 0 radical (unpaired) electrons. The van der Waals surface area contributed by atoms with E-state index in [1.54, 1.807) is 18.2 Å². The van der Waals surface area contributed by atoms with E-state index in [2.05, 4.69) is 26.4 Å². The van der Waals surface area contributed by atoms with Gasteiger partial charge in [0.15, 0.2) is 5.84 Å². The van der Waals surface area contributed by atoms with Crippen LogP contribution in [0.15, 0.2) is 27.8 Å². The molecule has 102 valence electrons. The normalized spacial score (nSPS) is 17.7. The minimum absolute atomic E-state index is 0.0469. The Balaban J connectivity index is 2.24. The molecule has 0 heterocycles. The fourth-order valence-corrected chi connectivity index (χ4v) is 2.61. The summed E-state index contributed by atoms with van der Waals surface area (Å²) in [5.74, 6) is -0.327. The van der Waals surface area contributed by atoms with Gasteiger partial charge in [0.2, 0.25) is 5.91 Å². The van der Waals surface area contributed by atoms with Crippen molar-refractivity contribution in [1.82, 2.24) is 0 Å². The van der Waals surface area contributed by atoms with Crippen LogP contribution in [0.4, 0.5) is 5.69 Å². The molecule has 1 aliphatic carbocycles. The molecule has 1 aromatic carbocycles. The van der Waals surface area contributed by atoms with E-state index >= 15 is 0 Å². The first-order valence-electron chi connectivity index (χ1n) is 5.75. The van der Waals surface area contributed by atoms with Crippen molar-refractivity contribution in [2.75, 3.05) is 5.32 Å². The van der Waals surface area contributed by atoms with Gasteiger partial charge in [0, 0.05) is 0 Å². The van der Waals surface area contributed by atoms with Gasteiger partial charge in [-0.3, -0.25) is 4.79 Å². The molecule has 7 heteroatoms. The molecule has 1 fully saturated rings. The molecule has 0 saturated heterocycles. The predicted octanol–water partition coefficient (Wildman–Crippen LogP) is 2.96. The molecule has 4 N–H and O–H groups in total. The number of carbonyl (C=O) groups is 1. The first kappa shape index (κ1) is 14.1. The Bertz CT molecular complexity index is 544. The molecule has 0 spiro atoms. The van der Waals surface area contributed by atoms with E-state index in [0.29, 0.717) is 28.0 Å². The average Bonchev–Trinajstić information content (AvgIpc) is 2.33. The van der Waals surface area contributed by atoms with Crippen LogP contribution in [0.2, 0.25) is 5.02 Å². The van der Waals surface area contributed by atoms with Crippen LogP contribution >= 0.6 is 27.5 Å². The number of hydrogen-bond acceptors (Lipinski definition) is 3. The molecule has 0 aliphatic heterocycles. The number of oxime groups is 1. The topological polar surface area (TPSA) is 87.7 Å². The van der Waals surface area contributed by atoms with E-state index in [4.69, 9.17) is 22.5 Å². The van der Waals surface area contributed by atoms with Gasteiger partial charge in [-0.05, 0) is 40.9 Å². The van der Waals surface area contributed by atoms with Gasteiger partial charge in [0.25, 0.3) is 0 Å². The zero-order chi connectivity index (χ0) is 14.0. The number of anilines is 1. The highest BCUT2D eigenvalue weighted by Gasteiger charge is 2.48. The molecule has 2 rings (SSSR count). The second-order valence-electron chi connectivity index (χ2n) is 4.48. The van der Waals surface area contributed by atoms with Crippen LogP contribution in [0.3, 0.4) is 0 Å². The molecular weight excluding hydrogens is 334 g/mol. The zero-order valence-corrected chi connectivity index (χ0v) is 12.3. The predicted molar refractivity (Wildman–Crippen MR) is 77.5 cm³/mol. The zero-order valence-electron chi connectivity index (χ0n) is 9.99. The molecule has 1 aliphatic rings. The van der Waals surface area contributed by atoms with Gasteiger partial charge in [-0.25, -0.2) is 0 Å². The number of amidine groups is 1. The molecule has 0 atom stereocenters. The van der Waals surface area contributed by atoms with Crippen LogP contribution in [0.5, 0.6) is 0 Å². The van der Waals surface area contributed by atoms with Crippen LogP contribution in [0.1, 0.15) is 19.3 Å². The summed E-state index contributed by atoms with van der Waals surface area (Å²) in [4.78, 5) is 12.3. The summed E-state index contributed by atoms with van der Waals surface area (Å²) in [6, 6.07) is 5.18. The maximum Gasteiger partial charge on any atom is 0.238 e. The van der Waals surface area contributed by atoms with E-state index in [-0.39, 0.29) is 11.7 Å². The molecule has 1 aromatic rings. The highest BCUT2D eigenvalue weighted by Crippen LogP contribution is 2.42. The van der Waals surface area contributed by atoms with E-state index in [0.717, 1.165) is 6.42 Å². The van der Waals surface area contributed by atoms with E-state index in [1.165, 1.54) is 0 Å². The van der Waals surface area contributed by atoms with Gasteiger partial charge in [-0.15, -0.1) is 0 Å². The lowest BCUT2D eigenvalue weighted by molar-refractivity contribution is -0.125. The van der Waals surface area contributed by atoms with Crippen molar-refractivity contribution in [3.05, 3.63) is 27.7 Å². The lowest BCUT2D eigenvalue weighted by Gasteiger charge is -2.38. The minimum Gasteiger partial charge on any atom is -0.409 e. The molecule has 0 aromatic heterocycles. The molecule has 1 amide bonds. The van der Waals surface area contributed by atoms with Crippen molar-refractivity contribution in [1.29, 1.82) is 0 Å². The number of rotatable bonds is 3. The maximum atomic E-state index is 12.3. The van der Waals surface area contributed by atoms with Crippen molar-refractivity contribution in [2.24, 2.45) is 16.3 Å². The Hall–Kier alpha value is -1.27. The Labute approximate surface area is 123 Å².